The van der Waals surface area contributed by atoms with Gasteiger partial charge in [-0.15, -0.1) is 0 Å². The summed E-state index contributed by atoms with van der Waals surface area (Å²) in [5.74, 6) is 0.330. The lowest BCUT2D eigenvalue weighted by Gasteiger charge is -2.25. The number of hydrogen-bond acceptors (Lipinski definition) is 4. The number of carbonyl (C=O) groups excluding carboxylic acids is 1. The Hall–Kier alpha value is -2.18. The molecule has 0 spiro atoms. The van der Waals surface area contributed by atoms with Crippen molar-refractivity contribution >= 4 is 5.91 Å². The van der Waals surface area contributed by atoms with Crippen molar-refractivity contribution in [2.24, 2.45) is 18.4 Å². The summed E-state index contributed by atoms with van der Waals surface area (Å²) in [5, 5.41) is 4.46. The molecule has 6 heteroatoms. The highest BCUT2D eigenvalue weighted by Gasteiger charge is 2.52. The fourth-order valence-electron chi connectivity index (χ4n) is 4.09. The summed E-state index contributed by atoms with van der Waals surface area (Å²) in [4.78, 5) is 14.9. The van der Waals surface area contributed by atoms with Crippen LogP contribution in [0.3, 0.4) is 0 Å². The Morgan fingerprint density at radius 1 is 1.40 bits per heavy atom. The summed E-state index contributed by atoms with van der Waals surface area (Å²) in [6, 6.07) is 11.9. The van der Waals surface area contributed by atoms with Gasteiger partial charge in [0.2, 0.25) is 0 Å². The van der Waals surface area contributed by atoms with Crippen LogP contribution in [0, 0.1) is 11.3 Å². The number of likely N-dealkylation sites (tertiary alicyclic amines) is 1. The average molecular weight is 341 g/mol. The second kappa shape index (κ2) is 6.28. The predicted octanol–water partition coefficient (Wildman–Crippen LogP) is 1.82. The molecule has 2 aromatic rings. The van der Waals surface area contributed by atoms with Gasteiger partial charge in [0.25, 0.3) is 5.91 Å². The first-order valence-electron chi connectivity index (χ1n) is 8.58. The van der Waals surface area contributed by atoms with Crippen molar-refractivity contribution in [1.82, 2.24) is 14.7 Å². The minimum atomic E-state index is -0.0680. The van der Waals surface area contributed by atoms with Gasteiger partial charge < -0.3 is 14.4 Å². The molecule has 132 valence electrons. The van der Waals surface area contributed by atoms with E-state index in [1.807, 2.05) is 48.3 Å². The van der Waals surface area contributed by atoms with Crippen molar-refractivity contribution in [2.75, 3.05) is 40.0 Å². The predicted molar refractivity (Wildman–Crippen MR) is 93.2 cm³/mol. The molecular formula is C19H23N3O3. The van der Waals surface area contributed by atoms with Crippen LogP contribution in [0.15, 0.2) is 36.4 Å². The number of rotatable bonds is 4. The Labute approximate surface area is 147 Å². The van der Waals surface area contributed by atoms with Gasteiger partial charge in [-0.05, 0) is 11.6 Å². The Kier molecular flexibility index (Phi) is 4.09. The molecule has 0 aliphatic carbocycles. The number of hydrogen-bond donors (Lipinski definition) is 0. The second-order valence-electron chi connectivity index (χ2n) is 7.10. The third kappa shape index (κ3) is 2.75. The molecule has 25 heavy (non-hydrogen) atoms. The van der Waals surface area contributed by atoms with Crippen LogP contribution in [0.1, 0.15) is 10.5 Å². The minimum absolute atomic E-state index is 0.0114. The minimum Gasteiger partial charge on any atom is -0.384 e. The Morgan fingerprint density at radius 2 is 2.20 bits per heavy atom. The van der Waals surface area contributed by atoms with Gasteiger partial charge in [0, 0.05) is 38.6 Å². The lowest BCUT2D eigenvalue weighted by Crippen LogP contribution is -2.37. The third-order valence-electron chi connectivity index (χ3n) is 5.41. The van der Waals surface area contributed by atoms with E-state index in [2.05, 4.69) is 5.10 Å². The van der Waals surface area contributed by atoms with Gasteiger partial charge in [-0.3, -0.25) is 9.48 Å². The maximum Gasteiger partial charge on any atom is 0.274 e. The zero-order chi connectivity index (χ0) is 17.4. The van der Waals surface area contributed by atoms with Crippen molar-refractivity contribution in [2.45, 2.75) is 0 Å². The SMILES string of the molecule is COC[C@@]12COC[C@@H]1CN(C(=O)c1cc(-c3ccccc3)n(C)n1)C2. The molecule has 0 radical (unpaired) electrons. The fourth-order valence-corrected chi connectivity index (χ4v) is 4.09. The molecule has 2 saturated heterocycles. The first kappa shape index (κ1) is 16.3. The highest BCUT2D eigenvalue weighted by molar-refractivity contribution is 5.93. The molecule has 2 aliphatic rings. The van der Waals surface area contributed by atoms with Crippen molar-refractivity contribution in [3.63, 3.8) is 0 Å². The molecular weight excluding hydrogens is 318 g/mol. The van der Waals surface area contributed by atoms with Gasteiger partial charge in [0.1, 0.15) is 0 Å². The van der Waals surface area contributed by atoms with Gasteiger partial charge in [0.05, 0.1) is 25.5 Å². The first-order chi connectivity index (χ1) is 12.1. The number of amides is 1. The van der Waals surface area contributed by atoms with Gasteiger partial charge in [-0.25, -0.2) is 0 Å². The van der Waals surface area contributed by atoms with Gasteiger partial charge in [0.15, 0.2) is 5.69 Å². The summed E-state index contributed by atoms with van der Waals surface area (Å²) in [7, 11) is 3.58. The zero-order valence-electron chi connectivity index (χ0n) is 14.6. The highest BCUT2D eigenvalue weighted by Crippen LogP contribution is 2.41. The van der Waals surface area contributed by atoms with Crippen molar-refractivity contribution in [3.8, 4) is 11.3 Å². The summed E-state index contributed by atoms with van der Waals surface area (Å²) in [6.07, 6.45) is 0. The van der Waals surface area contributed by atoms with E-state index in [1.165, 1.54) is 0 Å². The molecule has 4 rings (SSSR count). The molecule has 0 unspecified atom stereocenters. The van der Waals surface area contributed by atoms with E-state index in [4.69, 9.17) is 9.47 Å². The maximum absolute atomic E-state index is 13.0. The van der Waals surface area contributed by atoms with Gasteiger partial charge in [-0.2, -0.15) is 5.10 Å². The van der Waals surface area contributed by atoms with E-state index >= 15 is 0 Å². The van der Waals surface area contributed by atoms with Crippen LogP contribution in [0.2, 0.25) is 0 Å². The number of carbonyl (C=O) groups is 1. The van der Waals surface area contributed by atoms with Crippen LogP contribution in [0.4, 0.5) is 0 Å². The van der Waals surface area contributed by atoms with Crippen LogP contribution in [0.25, 0.3) is 11.3 Å². The number of methoxy groups -OCH3 is 1. The van der Waals surface area contributed by atoms with Gasteiger partial charge in [-0.1, -0.05) is 30.3 Å². The molecule has 0 saturated carbocycles. The first-order valence-corrected chi connectivity index (χ1v) is 8.58. The molecule has 2 fully saturated rings. The van der Waals surface area contributed by atoms with Crippen LogP contribution < -0.4 is 0 Å². The lowest BCUT2D eigenvalue weighted by molar-refractivity contribution is 0.0486. The normalized spacial score (nSPS) is 25.4. The van der Waals surface area contributed by atoms with E-state index < -0.39 is 0 Å². The Morgan fingerprint density at radius 3 is 2.96 bits per heavy atom. The molecule has 0 bridgehead atoms. The summed E-state index contributed by atoms with van der Waals surface area (Å²) >= 11 is 0. The Balaban J connectivity index is 1.56. The molecule has 1 aromatic heterocycles. The third-order valence-corrected chi connectivity index (χ3v) is 5.41. The molecule has 6 nitrogen and oxygen atoms in total. The second-order valence-corrected chi connectivity index (χ2v) is 7.10. The monoisotopic (exact) mass is 341 g/mol. The van der Waals surface area contributed by atoms with E-state index in [1.54, 1.807) is 11.8 Å². The number of fused-ring (bicyclic) bond motifs is 1. The number of ether oxygens (including phenoxy) is 2. The van der Waals surface area contributed by atoms with E-state index in [-0.39, 0.29) is 11.3 Å². The van der Waals surface area contributed by atoms with Crippen LogP contribution in [0.5, 0.6) is 0 Å². The summed E-state index contributed by atoms with van der Waals surface area (Å²) < 4.78 is 12.8. The maximum atomic E-state index is 13.0. The molecule has 1 amide bonds. The van der Waals surface area contributed by atoms with E-state index in [9.17, 15) is 4.79 Å². The smallest absolute Gasteiger partial charge is 0.274 e. The molecule has 0 N–H and O–H groups in total. The quantitative estimate of drug-likeness (QED) is 0.851. The standard InChI is InChI=1S/C19H23N3O3/c1-21-17(14-6-4-3-5-7-14)8-16(20-21)18(23)22-9-15-10-25-13-19(15,11-22)12-24-2/h3-8,15H,9-13H2,1-2H3/t15-,19-/m0/s1. The molecule has 2 atom stereocenters. The van der Waals surface area contributed by atoms with Crippen LogP contribution >= 0.6 is 0 Å². The number of aromatic nitrogens is 2. The van der Waals surface area contributed by atoms with E-state index in [0.717, 1.165) is 11.3 Å². The zero-order valence-corrected chi connectivity index (χ0v) is 14.6. The highest BCUT2D eigenvalue weighted by atomic mass is 16.5. The number of benzene rings is 1. The number of nitrogens with zero attached hydrogens (tertiary/aromatic N) is 3. The van der Waals surface area contributed by atoms with Crippen molar-refractivity contribution < 1.29 is 14.3 Å². The molecule has 3 heterocycles. The molecule has 1 aromatic carbocycles. The average Bonchev–Trinajstić information content (AvgIpc) is 3.27. The summed E-state index contributed by atoms with van der Waals surface area (Å²) in [6.45, 7) is 3.36. The summed E-state index contributed by atoms with van der Waals surface area (Å²) in [5.41, 5.74) is 2.42. The Bertz CT molecular complexity index is 773. The van der Waals surface area contributed by atoms with Gasteiger partial charge >= 0.3 is 0 Å². The van der Waals surface area contributed by atoms with Crippen LogP contribution in [-0.2, 0) is 16.5 Å². The fraction of sp³-hybridized carbons (Fsp3) is 0.474. The largest absolute Gasteiger partial charge is 0.384 e. The number of aryl methyl sites for hydroxylation is 1. The molecule has 2 aliphatic heterocycles. The topological polar surface area (TPSA) is 56.6 Å². The van der Waals surface area contributed by atoms with Crippen molar-refractivity contribution in [3.05, 3.63) is 42.1 Å². The van der Waals surface area contributed by atoms with Crippen molar-refractivity contribution in [1.29, 1.82) is 0 Å². The lowest BCUT2D eigenvalue weighted by atomic mass is 9.82. The van der Waals surface area contributed by atoms with Crippen LogP contribution in [-0.4, -0.2) is 60.6 Å². The van der Waals surface area contributed by atoms with E-state index in [0.29, 0.717) is 44.5 Å².